The van der Waals surface area contributed by atoms with Crippen LogP contribution in [-0.2, 0) is 0 Å². The number of nitrogens with one attached hydrogen (secondary N) is 1. The average Bonchev–Trinajstić information content (AvgIpc) is 2.36. The fraction of sp³-hybridized carbons (Fsp3) is 0.286. The van der Waals surface area contributed by atoms with Crippen LogP contribution in [-0.4, -0.2) is 19.4 Å². The second-order valence-corrected chi connectivity index (χ2v) is 3.68. The first-order chi connectivity index (χ1) is 5.25. The Labute approximate surface area is 77.7 Å². The smallest absolute Gasteiger partial charge is 0.178 e. The maximum Gasteiger partial charge on any atom is 0.178 e. The number of thiophene rings is 1. The quantitative estimate of drug-likeness (QED) is 0.809. The fourth-order valence-electron chi connectivity index (χ4n) is 0.736. The number of Topliss-reactive ketones (excluding diaryl/α,β-unsaturated/α-hetero) is 1. The van der Waals surface area contributed by atoms with Crippen LogP contribution in [0.15, 0.2) is 15.2 Å². The molecule has 0 fully saturated rings. The lowest BCUT2D eigenvalue weighted by molar-refractivity contribution is 0.0993. The van der Waals surface area contributed by atoms with E-state index in [1.54, 1.807) is 7.05 Å². The zero-order valence-corrected chi connectivity index (χ0v) is 8.46. The van der Waals surface area contributed by atoms with Gasteiger partial charge in [-0.25, -0.2) is 0 Å². The maximum absolute atomic E-state index is 11.2. The summed E-state index contributed by atoms with van der Waals surface area (Å²) < 4.78 is 0.891. The van der Waals surface area contributed by atoms with Gasteiger partial charge in [-0.2, -0.15) is 11.3 Å². The molecule has 0 saturated carbocycles. The lowest BCUT2D eigenvalue weighted by Crippen LogP contribution is -2.18. The summed E-state index contributed by atoms with van der Waals surface area (Å²) in [6.07, 6.45) is 0. The van der Waals surface area contributed by atoms with Crippen molar-refractivity contribution >= 4 is 33.0 Å². The van der Waals surface area contributed by atoms with Crippen molar-refractivity contribution in [1.82, 2.24) is 5.32 Å². The van der Waals surface area contributed by atoms with Crippen LogP contribution in [0.4, 0.5) is 0 Å². The number of carbonyl (C=O) groups is 1. The van der Waals surface area contributed by atoms with Crippen molar-refractivity contribution in [3.63, 3.8) is 0 Å². The first-order valence-corrected chi connectivity index (χ1v) is 4.88. The van der Waals surface area contributed by atoms with Gasteiger partial charge in [0.1, 0.15) is 0 Å². The van der Waals surface area contributed by atoms with Crippen molar-refractivity contribution < 1.29 is 4.79 Å². The van der Waals surface area contributed by atoms with E-state index in [-0.39, 0.29) is 5.78 Å². The normalized spacial score (nSPS) is 10.0. The third-order valence-corrected chi connectivity index (χ3v) is 2.96. The monoisotopic (exact) mass is 233 g/mol. The molecule has 0 aliphatic carbocycles. The van der Waals surface area contributed by atoms with E-state index in [0.29, 0.717) is 6.54 Å². The van der Waals surface area contributed by atoms with Crippen molar-refractivity contribution in [2.75, 3.05) is 13.6 Å². The Morgan fingerprint density at radius 1 is 1.73 bits per heavy atom. The van der Waals surface area contributed by atoms with Gasteiger partial charge < -0.3 is 5.32 Å². The third kappa shape index (κ3) is 2.12. The van der Waals surface area contributed by atoms with Gasteiger partial charge >= 0.3 is 0 Å². The van der Waals surface area contributed by atoms with Gasteiger partial charge in [0.25, 0.3) is 0 Å². The van der Waals surface area contributed by atoms with E-state index in [2.05, 4.69) is 21.2 Å². The molecule has 0 bridgehead atoms. The minimum Gasteiger partial charge on any atom is -0.313 e. The second kappa shape index (κ2) is 3.99. The van der Waals surface area contributed by atoms with Gasteiger partial charge in [0, 0.05) is 20.8 Å². The van der Waals surface area contributed by atoms with Crippen molar-refractivity contribution in [2.24, 2.45) is 0 Å². The molecule has 0 aromatic carbocycles. The molecule has 4 heteroatoms. The Morgan fingerprint density at radius 3 is 2.91 bits per heavy atom. The van der Waals surface area contributed by atoms with Gasteiger partial charge in [-0.15, -0.1) is 0 Å². The molecular formula is C7H8BrNOS. The molecule has 0 aliphatic heterocycles. The highest BCUT2D eigenvalue weighted by Gasteiger charge is 2.08. The van der Waals surface area contributed by atoms with E-state index in [1.807, 2.05) is 10.8 Å². The van der Waals surface area contributed by atoms with E-state index in [9.17, 15) is 4.79 Å². The van der Waals surface area contributed by atoms with E-state index >= 15 is 0 Å². The molecular weight excluding hydrogens is 226 g/mol. The Bertz CT molecular complexity index is 259. The highest BCUT2D eigenvalue weighted by Crippen LogP contribution is 2.21. The summed E-state index contributed by atoms with van der Waals surface area (Å²) >= 11 is 4.82. The molecule has 0 atom stereocenters. The Hall–Kier alpha value is -0.190. The highest BCUT2D eigenvalue weighted by molar-refractivity contribution is 9.10. The van der Waals surface area contributed by atoms with Gasteiger partial charge in [-0.05, 0) is 23.0 Å². The maximum atomic E-state index is 11.2. The van der Waals surface area contributed by atoms with Crippen LogP contribution in [0.1, 0.15) is 10.4 Å². The molecule has 0 amide bonds. The molecule has 0 saturated heterocycles. The molecule has 0 spiro atoms. The largest absolute Gasteiger partial charge is 0.313 e. The Balaban J connectivity index is 2.76. The Morgan fingerprint density at radius 2 is 2.45 bits per heavy atom. The topological polar surface area (TPSA) is 29.1 Å². The van der Waals surface area contributed by atoms with Crippen LogP contribution in [0.25, 0.3) is 0 Å². The van der Waals surface area contributed by atoms with Crippen molar-refractivity contribution in [3.8, 4) is 0 Å². The number of hydrogen-bond acceptors (Lipinski definition) is 3. The van der Waals surface area contributed by atoms with Crippen LogP contribution in [0.2, 0.25) is 0 Å². The molecule has 0 unspecified atom stereocenters. The zero-order valence-electron chi connectivity index (χ0n) is 6.06. The number of rotatable bonds is 3. The van der Waals surface area contributed by atoms with E-state index in [0.717, 1.165) is 10.0 Å². The number of halogens is 1. The second-order valence-electron chi connectivity index (χ2n) is 2.09. The number of ketones is 1. The predicted molar refractivity (Wildman–Crippen MR) is 50.3 cm³/mol. The minimum atomic E-state index is 0.126. The van der Waals surface area contributed by atoms with Gasteiger partial charge in [0.05, 0.1) is 6.54 Å². The summed E-state index contributed by atoms with van der Waals surface area (Å²) in [5.41, 5.74) is 0.768. The summed E-state index contributed by atoms with van der Waals surface area (Å²) in [7, 11) is 1.76. The minimum absolute atomic E-state index is 0.126. The fourth-order valence-corrected chi connectivity index (χ4v) is 2.26. The summed E-state index contributed by atoms with van der Waals surface area (Å²) in [6, 6.07) is 0. The molecule has 2 nitrogen and oxygen atoms in total. The van der Waals surface area contributed by atoms with E-state index in [4.69, 9.17) is 0 Å². The molecule has 0 radical (unpaired) electrons. The summed E-state index contributed by atoms with van der Waals surface area (Å²) in [4.78, 5) is 11.2. The molecule has 1 aromatic heterocycles. The standard InChI is InChI=1S/C7H8BrNOS/c1-9-2-7(10)5-3-11-4-6(5)8/h3-4,9H,2H2,1H3. The van der Waals surface area contributed by atoms with Crippen LogP contribution in [0, 0.1) is 0 Å². The average molecular weight is 234 g/mol. The summed E-state index contributed by atoms with van der Waals surface area (Å²) in [6.45, 7) is 0.398. The molecule has 11 heavy (non-hydrogen) atoms. The molecule has 0 aliphatic rings. The predicted octanol–water partition coefficient (Wildman–Crippen LogP) is 1.91. The molecule has 1 aromatic rings. The Kier molecular flexibility index (Phi) is 3.23. The van der Waals surface area contributed by atoms with Gasteiger partial charge in [0.15, 0.2) is 5.78 Å². The van der Waals surface area contributed by atoms with Crippen molar-refractivity contribution in [3.05, 3.63) is 20.8 Å². The van der Waals surface area contributed by atoms with E-state index < -0.39 is 0 Å². The van der Waals surface area contributed by atoms with Gasteiger partial charge in [-0.1, -0.05) is 0 Å². The lowest BCUT2D eigenvalue weighted by Gasteiger charge is -1.95. The lowest BCUT2D eigenvalue weighted by atomic mass is 10.2. The first kappa shape index (κ1) is 8.90. The van der Waals surface area contributed by atoms with E-state index in [1.165, 1.54) is 11.3 Å². The molecule has 1 rings (SSSR count). The van der Waals surface area contributed by atoms with Crippen LogP contribution >= 0.6 is 27.3 Å². The van der Waals surface area contributed by atoms with Crippen LogP contribution < -0.4 is 5.32 Å². The first-order valence-electron chi connectivity index (χ1n) is 3.15. The summed E-state index contributed by atoms with van der Waals surface area (Å²) in [5.74, 6) is 0.126. The van der Waals surface area contributed by atoms with Gasteiger partial charge in [-0.3, -0.25) is 4.79 Å². The molecule has 1 heterocycles. The third-order valence-electron chi connectivity index (χ3n) is 1.25. The molecule has 60 valence electrons. The van der Waals surface area contributed by atoms with Crippen molar-refractivity contribution in [2.45, 2.75) is 0 Å². The summed E-state index contributed by atoms with van der Waals surface area (Å²) in [5, 5.41) is 6.57. The zero-order chi connectivity index (χ0) is 8.27. The van der Waals surface area contributed by atoms with Crippen LogP contribution in [0.3, 0.4) is 0 Å². The highest BCUT2D eigenvalue weighted by atomic mass is 79.9. The number of carbonyl (C=O) groups excluding carboxylic acids is 1. The van der Waals surface area contributed by atoms with Crippen LogP contribution in [0.5, 0.6) is 0 Å². The number of hydrogen-bond donors (Lipinski definition) is 1. The van der Waals surface area contributed by atoms with Gasteiger partial charge in [0.2, 0.25) is 0 Å². The SMILES string of the molecule is CNCC(=O)c1cscc1Br. The van der Waals surface area contributed by atoms with Crippen molar-refractivity contribution in [1.29, 1.82) is 0 Å². The number of likely N-dealkylation sites (N-methyl/N-ethyl adjacent to an activating group) is 1. The molecule has 1 N–H and O–H groups in total.